The van der Waals surface area contributed by atoms with Crippen LogP contribution in [0.1, 0.15) is 28.4 Å². The van der Waals surface area contributed by atoms with Crippen molar-refractivity contribution < 1.29 is 9.53 Å². The zero-order valence-electron chi connectivity index (χ0n) is 8.50. The quantitative estimate of drug-likeness (QED) is 0.622. The van der Waals surface area contributed by atoms with Gasteiger partial charge < -0.3 is 4.74 Å². The third-order valence-corrected chi connectivity index (χ3v) is 3.02. The van der Waals surface area contributed by atoms with Crippen molar-refractivity contribution >= 4 is 28.6 Å². The van der Waals surface area contributed by atoms with Gasteiger partial charge in [-0.1, -0.05) is 13.0 Å². The first-order valence-electron chi connectivity index (χ1n) is 4.45. The summed E-state index contributed by atoms with van der Waals surface area (Å²) in [7, 11) is 1.32. The molecule has 78 valence electrons. The van der Waals surface area contributed by atoms with E-state index in [0.717, 1.165) is 15.6 Å². The van der Waals surface area contributed by atoms with Gasteiger partial charge in [0, 0.05) is 3.57 Å². The van der Waals surface area contributed by atoms with Gasteiger partial charge in [-0.05, 0) is 40.6 Å². The molecule has 0 saturated carbocycles. The van der Waals surface area contributed by atoms with Gasteiger partial charge in [0.15, 0.2) is 0 Å². The molecule has 4 heteroatoms. The van der Waals surface area contributed by atoms with Crippen molar-refractivity contribution in [3.05, 3.63) is 32.4 Å². The minimum atomic E-state index is -0.453. The van der Waals surface area contributed by atoms with E-state index in [1.807, 2.05) is 41.6 Å². The standard InChI is InChI=1S/C11H10INO2/c1-3-7-4-5-9(12)10(8(7)6-13)11(14)15-2/h4-5H,3H2,1-2H3. The van der Waals surface area contributed by atoms with Gasteiger partial charge in [-0.2, -0.15) is 5.26 Å². The molecule has 0 bridgehead atoms. The Bertz CT molecular complexity index is 435. The summed E-state index contributed by atoms with van der Waals surface area (Å²) in [6, 6.07) is 5.76. The summed E-state index contributed by atoms with van der Waals surface area (Å²) in [4.78, 5) is 11.5. The van der Waals surface area contributed by atoms with Crippen LogP contribution in [0.4, 0.5) is 0 Å². The number of halogens is 1. The second-order valence-electron chi connectivity index (χ2n) is 2.91. The van der Waals surface area contributed by atoms with Gasteiger partial charge in [-0.25, -0.2) is 4.79 Å². The highest BCUT2D eigenvalue weighted by molar-refractivity contribution is 14.1. The zero-order chi connectivity index (χ0) is 11.4. The minimum absolute atomic E-state index is 0.375. The van der Waals surface area contributed by atoms with Crippen molar-refractivity contribution in [2.75, 3.05) is 7.11 Å². The first kappa shape index (κ1) is 12.0. The first-order chi connectivity index (χ1) is 7.15. The topological polar surface area (TPSA) is 50.1 Å². The molecule has 0 aliphatic carbocycles. The average Bonchev–Trinajstić information content (AvgIpc) is 2.27. The van der Waals surface area contributed by atoms with E-state index in [1.54, 1.807) is 0 Å². The molecule has 0 aliphatic rings. The van der Waals surface area contributed by atoms with Crippen LogP contribution < -0.4 is 0 Å². The fraction of sp³-hybridized carbons (Fsp3) is 0.273. The number of nitrogens with zero attached hydrogens (tertiary/aromatic N) is 1. The molecule has 0 unspecified atom stereocenters. The Morgan fingerprint density at radius 2 is 2.27 bits per heavy atom. The summed E-state index contributed by atoms with van der Waals surface area (Å²) in [5, 5.41) is 9.04. The van der Waals surface area contributed by atoms with Crippen LogP contribution in [0.3, 0.4) is 0 Å². The molecule has 0 radical (unpaired) electrons. The molecule has 0 heterocycles. The molecule has 0 fully saturated rings. The predicted molar refractivity (Wildman–Crippen MR) is 64.6 cm³/mol. The summed E-state index contributed by atoms with van der Waals surface area (Å²) in [6.07, 6.45) is 0.726. The molecule has 1 aromatic rings. The number of esters is 1. The predicted octanol–water partition coefficient (Wildman–Crippen LogP) is 2.51. The van der Waals surface area contributed by atoms with Crippen molar-refractivity contribution in [3.63, 3.8) is 0 Å². The molecule has 0 aromatic heterocycles. The molecule has 3 nitrogen and oxygen atoms in total. The van der Waals surface area contributed by atoms with Gasteiger partial charge in [0.05, 0.1) is 18.2 Å². The summed E-state index contributed by atoms with van der Waals surface area (Å²) >= 11 is 2.03. The molecule has 0 saturated heterocycles. The Balaban J connectivity index is 3.47. The van der Waals surface area contributed by atoms with Crippen molar-refractivity contribution in [1.29, 1.82) is 5.26 Å². The van der Waals surface area contributed by atoms with E-state index in [9.17, 15) is 4.79 Å². The van der Waals surface area contributed by atoms with E-state index in [1.165, 1.54) is 7.11 Å². The van der Waals surface area contributed by atoms with E-state index in [-0.39, 0.29) is 0 Å². The zero-order valence-corrected chi connectivity index (χ0v) is 10.7. The van der Waals surface area contributed by atoms with Gasteiger partial charge in [-0.15, -0.1) is 0 Å². The minimum Gasteiger partial charge on any atom is -0.465 e. The van der Waals surface area contributed by atoms with Gasteiger partial charge in [0.25, 0.3) is 0 Å². The number of ether oxygens (including phenoxy) is 1. The second-order valence-corrected chi connectivity index (χ2v) is 4.08. The van der Waals surface area contributed by atoms with Crippen molar-refractivity contribution in [3.8, 4) is 6.07 Å². The van der Waals surface area contributed by atoms with Crippen LogP contribution in [-0.4, -0.2) is 13.1 Å². The Kier molecular flexibility index (Phi) is 4.09. The lowest BCUT2D eigenvalue weighted by Gasteiger charge is -2.08. The Hall–Kier alpha value is -1.09. The summed E-state index contributed by atoms with van der Waals surface area (Å²) in [5.74, 6) is -0.453. The van der Waals surface area contributed by atoms with E-state index in [4.69, 9.17) is 5.26 Å². The van der Waals surface area contributed by atoms with E-state index in [0.29, 0.717) is 11.1 Å². The van der Waals surface area contributed by atoms with Crippen molar-refractivity contribution in [1.82, 2.24) is 0 Å². The van der Waals surface area contributed by atoms with E-state index < -0.39 is 5.97 Å². The molecule has 0 atom stereocenters. The highest BCUT2D eigenvalue weighted by Crippen LogP contribution is 2.21. The average molecular weight is 315 g/mol. The van der Waals surface area contributed by atoms with Crippen LogP contribution >= 0.6 is 22.6 Å². The largest absolute Gasteiger partial charge is 0.465 e. The third kappa shape index (κ3) is 2.29. The van der Waals surface area contributed by atoms with Gasteiger partial charge in [0.1, 0.15) is 6.07 Å². The molecular weight excluding hydrogens is 305 g/mol. The van der Waals surface area contributed by atoms with Gasteiger partial charge in [-0.3, -0.25) is 0 Å². The van der Waals surface area contributed by atoms with Crippen LogP contribution in [0.15, 0.2) is 12.1 Å². The lowest BCUT2D eigenvalue weighted by molar-refractivity contribution is 0.0599. The highest BCUT2D eigenvalue weighted by Gasteiger charge is 2.18. The number of carbonyl (C=O) groups excluding carboxylic acids is 1. The lowest BCUT2D eigenvalue weighted by atomic mass is 10.0. The fourth-order valence-electron chi connectivity index (χ4n) is 1.34. The van der Waals surface area contributed by atoms with Gasteiger partial charge in [0.2, 0.25) is 0 Å². The number of methoxy groups -OCH3 is 1. The highest BCUT2D eigenvalue weighted by atomic mass is 127. The number of benzene rings is 1. The Morgan fingerprint density at radius 1 is 1.60 bits per heavy atom. The maximum Gasteiger partial charge on any atom is 0.340 e. The van der Waals surface area contributed by atoms with Crippen LogP contribution in [0, 0.1) is 14.9 Å². The number of rotatable bonds is 2. The van der Waals surface area contributed by atoms with Crippen LogP contribution in [0.2, 0.25) is 0 Å². The first-order valence-corrected chi connectivity index (χ1v) is 5.53. The number of hydrogen-bond acceptors (Lipinski definition) is 3. The molecule has 0 amide bonds. The normalized spacial score (nSPS) is 9.47. The van der Waals surface area contributed by atoms with Crippen LogP contribution in [0.5, 0.6) is 0 Å². The number of hydrogen-bond donors (Lipinski definition) is 0. The SMILES string of the molecule is CCc1ccc(I)c(C(=O)OC)c1C#N. The monoisotopic (exact) mass is 315 g/mol. The molecule has 0 N–H and O–H groups in total. The molecule has 0 spiro atoms. The summed E-state index contributed by atoms with van der Waals surface area (Å²) in [6.45, 7) is 1.95. The Labute approximate surface area is 102 Å². The van der Waals surface area contributed by atoms with Crippen LogP contribution in [0.25, 0.3) is 0 Å². The maximum absolute atomic E-state index is 11.5. The number of carbonyl (C=O) groups is 1. The second kappa shape index (κ2) is 5.12. The third-order valence-electron chi connectivity index (χ3n) is 2.12. The van der Waals surface area contributed by atoms with E-state index in [2.05, 4.69) is 10.8 Å². The fourth-order valence-corrected chi connectivity index (χ4v) is 2.01. The van der Waals surface area contributed by atoms with Crippen molar-refractivity contribution in [2.45, 2.75) is 13.3 Å². The Morgan fingerprint density at radius 3 is 2.73 bits per heavy atom. The van der Waals surface area contributed by atoms with Crippen LogP contribution in [-0.2, 0) is 11.2 Å². The smallest absolute Gasteiger partial charge is 0.340 e. The molecule has 1 rings (SSSR count). The van der Waals surface area contributed by atoms with Gasteiger partial charge >= 0.3 is 5.97 Å². The number of aryl methyl sites for hydroxylation is 1. The molecule has 15 heavy (non-hydrogen) atoms. The number of nitriles is 1. The lowest BCUT2D eigenvalue weighted by Crippen LogP contribution is -2.08. The molecule has 1 aromatic carbocycles. The van der Waals surface area contributed by atoms with E-state index >= 15 is 0 Å². The molecule has 0 aliphatic heterocycles. The summed E-state index contributed by atoms with van der Waals surface area (Å²) in [5.41, 5.74) is 1.68. The maximum atomic E-state index is 11.5. The van der Waals surface area contributed by atoms with Crippen molar-refractivity contribution in [2.24, 2.45) is 0 Å². The summed E-state index contributed by atoms with van der Waals surface area (Å²) < 4.78 is 5.41. The molecular formula is C11H10INO2.